The molecular formula is C98H94B2N2S2. The number of benzene rings is 12. The van der Waals surface area contributed by atoms with Crippen molar-refractivity contribution >= 4 is 109 Å². The van der Waals surface area contributed by atoms with Crippen LogP contribution in [0, 0.1) is 5.41 Å². The minimum Gasteiger partial charge on any atom is -0.311 e. The summed E-state index contributed by atoms with van der Waals surface area (Å²) >= 11 is 3.91. The van der Waals surface area contributed by atoms with Gasteiger partial charge >= 0.3 is 0 Å². The Balaban J connectivity index is 1.06. The van der Waals surface area contributed by atoms with Crippen molar-refractivity contribution in [1.29, 1.82) is 0 Å². The standard InChI is InChI=1S/C98H94B2N2S2/c1-18-71(94(3,4)5)46-61(2)66-42-44-79-87(51-66)103-90-54-70(63-34-25-20-26-35-63)50-86-92(90)100(79)82-59-81-83(60-84(82)102(86)93-77(64-36-27-21-28-37-64)40-31-41-78(93)65-38-29-22-30-39-65)101(76-57-74(97(12,13)14)56-75(58-76)98(15,16)17)85-49-69(62-32-23-19-24-33-62)53-89-91(85)99(81)80-45-43-67(52-88(80)104-89)68-47-72(95(6,7)8)55-73(48-68)96(9,10)11/h18-60H,1-17H3/b61-46+,71-18+. The zero-order valence-corrected chi connectivity index (χ0v) is 65.3. The van der Waals surface area contributed by atoms with E-state index in [0.717, 1.165) is 5.69 Å². The fraction of sp³-hybridized carbons (Fsp3) is 0.224. The largest absolute Gasteiger partial charge is 0.311 e. The second-order valence-electron chi connectivity index (χ2n) is 34.6. The quantitative estimate of drug-likeness (QED) is 0.105. The van der Waals surface area contributed by atoms with Crippen LogP contribution in [0.3, 0.4) is 0 Å². The summed E-state index contributed by atoms with van der Waals surface area (Å²) in [5.74, 6) is 0. The molecule has 6 heteroatoms. The molecule has 0 atom stereocenters. The van der Waals surface area contributed by atoms with Crippen molar-refractivity contribution in [3.05, 3.63) is 294 Å². The van der Waals surface area contributed by atoms with Crippen LogP contribution in [-0.2, 0) is 21.7 Å². The minimum absolute atomic E-state index is 0.00217. The number of rotatable bonds is 9. The van der Waals surface area contributed by atoms with Crippen LogP contribution in [0.15, 0.2) is 286 Å². The fourth-order valence-electron chi connectivity index (χ4n) is 16.3. The van der Waals surface area contributed by atoms with Gasteiger partial charge in [0.05, 0.1) is 5.69 Å². The Morgan fingerprint density at radius 1 is 0.327 bits per heavy atom. The molecule has 0 fully saturated rings. The van der Waals surface area contributed by atoms with E-state index in [4.69, 9.17) is 0 Å². The highest BCUT2D eigenvalue weighted by Gasteiger charge is 2.48. The third-order valence-electron chi connectivity index (χ3n) is 22.2. The van der Waals surface area contributed by atoms with Gasteiger partial charge < -0.3 is 9.80 Å². The van der Waals surface area contributed by atoms with Gasteiger partial charge in [0.15, 0.2) is 0 Å². The molecule has 0 spiro atoms. The number of fused-ring (bicyclic) bond motifs is 8. The Bertz CT molecular complexity index is 5360. The first-order chi connectivity index (χ1) is 49.6. The number of nitrogens with zero attached hydrogens (tertiary/aromatic N) is 2. The van der Waals surface area contributed by atoms with Crippen LogP contribution in [0.5, 0.6) is 0 Å². The molecule has 104 heavy (non-hydrogen) atoms. The molecule has 0 saturated carbocycles. The third-order valence-corrected chi connectivity index (χ3v) is 24.5. The Kier molecular flexibility index (Phi) is 17.0. The molecule has 0 unspecified atom stereocenters. The monoisotopic (exact) mass is 1380 g/mol. The van der Waals surface area contributed by atoms with Crippen LogP contribution in [-0.4, -0.2) is 13.4 Å². The summed E-state index contributed by atoms with van der Waals surface area (Å²) < 4.78 is 0. The summed E-state index contributed by atoms with van der Waals surface area (Å²) in [7, 11) is 0. The van der Waals surface area contributed by atoms with Gasteiger partial charge in [-0.3, -0.25) is 0 Å². The molecule has 514 valence electrons. The molecule has 0 N–H and O–H groups in total. The Morgan fingerprint density at radius 3 is 1.18 bits per heavy atom. The van der Waals surface area contributed by atoms with Crippen LogP contribution < -0.4 is 42.6 Å². The average molecular weight is 1390 g/mol. The lowest BCUT2D eigenvalue weighted by Gasteiger charge is -2.45. The normalized spacial score (nSPS) is 14.2. The van der Waals surface area contributed by atoms with Crippen LogP contribution >= 0.6 is 23.5 Å². The van der Waals surface area contributed by atoms with Gasteiger partial charge in [0.2, 0.25) is 13.4 Å². The Labute approximate surface area is 629 Å². The second-order valence-corrected chi connectivity index (χ2v) is 36.8. The van der Waals surface area contributed by atoms with E-state index in [9.17, 15) is 0 Å². The zero-order valence-electron chi connectivity index (χ0n) is 63.7. The molecule has 16 rings (SSSR count). The lowest BCUT2D eigenvalue weighted by atomic mass is 9.31. The summed E-state index contributed by atoms with van der Waals surface area (Å²) in [5, 5.41) is 0. The highest BCUT2D eigenvalue weighted by atomic mass is 32.2. The number of allylic oxidation sites excluding steroid dienone is 4. The SMILES string of the molecule is C/C=C(\C=C(/C)c1ccc2c(c1)Sc1cc(-c3ccccc3)cc3c1B2c1cc2c(cc1N3c1c(-c3ccccc3)cccc1-c1ccccc1)N(c1cc(C(C)(C)C)cc(C(C)(C)C)c1)c1cc(-c3ccccc3)cc3c1B2c1ccc(-c2cc(C(C)(C)C)cc(C(C)(C)C)c2)cc1S3)C(C)(C)C. The van der Waals surface area contributed by atoms with Crippen molar-refractivity contribution in [2.24, 2.45) is 5.41 Å². The zero-order chi connectivity index (χ0) is 72.7. The second kappa shape index (κ2) is 25.7. The van der Waals surface area contributed by atoms with Crippen molar-refractivity contribution in [2.45, 2.75) is 159 Å². The van der Waals surface area contributed by atoms with Crippen LogP contribution in [0.1, 0.15) is 146 Å². The van der Waals surface area contributed by atoms with Gasteiger partial charge in [0, 0.05) is 59.1 Å². The van der Waals surface area contributed by atoms with Crippen molar-refractivity contribution < 1.29 is 0 Å². The first-order valence-corrected chi connectivity index (χ1v) is 39.0. The molecule has 0 aromatic heterocycles. The van der Waals surface area contributed by atoms with Gasteiger partial charge in [-0.2, -0.15) is 0 Å². The number of hydrogen-bond acceptors (Lipinski definition) is 4. The minimum atomic E-state index is -0.156. The molecule has 12 aromatic carbocycles. The highest BCUT2D eigenvalue weighted by Crippen LogP contribution is 2.54. The highest BCUT2D eigenvalue weighted by molar-refractivity contribution is 8.00. The molecule has 2 nitrogen and oxygen atoms in total. The van der Waals surface area contributed by atoms with E-state index in [1.165, 1.54) is 175 Å². The molecule has 4 aliphatic heterocycles. The van der Waals surface area contributed by atoms with Gasteiger partial charge in [0.25, 0.3) is 0 Å². The number of anilines is 6. The van der Waals surface area contributed by atoms with Gasteiger partial charge in [-0.1, -0.05) is 345 Å². The van der Waals surface area contributed by atoms with E-state index in [1.54, 1.807) is 0 Å². The lowest BCUT2D eigenvalue weighted by molar-refractivity contribution is 0.516. The van der Waals surface area contributed by atoms with Crippen molar-refractivity contribution in [2.75, 3.05) is 9.80 Å². The topological polar surface area (TPSA) is 6.48 Å². The molecule has 0 aliphatic carbocycles. The van der Waals surface area contributed by atoms with Crippen LogP contribution in [0.2, 0.25) is 0 Å². The van der Waals surface area contributed by atoms with Crippen LogP contribution in [0.4, 0.5) is 34.1 Å². The van der Waals surface area contributed by atoms with E-state index < -0.39 is 0 Å². The molecule has 0 radical (unpaired) electrons. The van der Waals surface area contributed by atoms with E-state index in [-0.39, 0.29) is 40.5 Å². The van der Waals surface area contributed by atoms with Crippen molar-refractivity contribution in [3.8, 4) is 55.6 Å². The maximum atomic E-state index is 2.74. The molecule has 4 aliphatic rings. The van der Waals surface area contributed by atoms with E-state index >= 15 is 0 Å². The third kappa shape index (κ3) is 12.4. The number of para-hydroxylation sites is 1. The summed E-state index contributed by atoms with van der Waals surface area (Å²) in [6.45, 7) is 39.6. The molecule has 4 heterocycles. The van der Waals surface area contributed by atoms with Gasteiger partial charge in [-0.05, 0) is 201 Å². The maximum absolute atomic E-state index is 2.74. The smallest absolute Gasteiger partial charge is 0.249 e. The summed E-state index contributed by atoms with van der Waals surface area (Å²) in [4.78, 5) is 10.6. The molecule has 12 aromatic rings. The van der Waals surface area contributed by atoms with Crippen molar-refractivity contribution in [3.63, 3.8) is 0 Å². The van der Waals surface area contributed by atoms with Gasteiger partial charge in [-0.25, -0.2) is 0 Å². The molecule has 0 saturated heterocycles. The maximum Gasteiger partial charge on any atom is 0.249 e. The van der Waals surface area contributed by atoms with E-state index in [0.29, 0.717) is 0 Å². The van der Waals surface area contributed by atoms with Crippen molar-refractivity contribution in [1.82, 2.24) is 0 Å². The Hall–Kier alpha value is -9.45. The van der Waals surface area contributed by atoms with E-state index in [2.05, 4.69) is 388 Å². The van der Waals surface area contributed by atoms with E-state index in [1.807, 2.05) is 23.5 Å². The van der Waals surface area contributed by atoms with Gasteiger partial charge in [0.1, 0.15) is 0 Å². The molecule has 0 bridgehead atoms. The van der Waals surface area contributed by atoms with Gasteiger partial charge in [-0.15, -0.1) is 0 Å². The summed E-state index contributed by atoms with van der Waals surface area (Å²) in [6, 6.07) is 97.0. The number of hydrogen-bond donors (Lipinski definition) is 0. The molecule has 0 amide bonds. The fourth-order valence-corrected chi connectivity index (χ4v) is 18.8. The molecular weight excluding hydrogens is 1290 g/mol. The first-order valence-electron chi connectivity index (χ1n) is 37.4. The predicted octanol–water partition coefficient (Wildman–Crippen LogP) is 24.1. The predicted molar refractivity (Wildman–Crippen MR) is 455 cm³/mol. The average Bonchev–Trinajstić information content (AvgIpc) is 0.684. The summed E-state index contributed by atoms with van der Waals surface area (Å²) in [6.07, 6.45) is 4.71. The summed E-state index contributed by atoms with van der Waals surface area (Å²) in [5.41, 5.74) is 35.8. The van der Waals surface area contributed by atoms with Crippen LogP contribution in [0.25, 0.3) is 61.2 Å². The first kappa shape index (κ1) is 68.9. The Morgan fingerprint density at radius 2 is 0.731 bits per heavy atom. The lowest BCUT2D eigenvalue weighted by Crippen LogP contribution is -2.64.